The highest BCUT2D eigenvalue weighted by Crippen LogP contribution is 2.24. The van der Waals surface area contributed by atoms with Gasteiger partial charge in [-0.25, -0.2) is 18.2 Å². The highest BCUT2D eigenvalue weighted by molar-refractivity contribution is 7.90. The Morgan fingerprint density at radius 1 is 1.07 bits per heavy atom. The van der Waals surface area contributed by atoms with Crippen LogP contribution in [0.25, 0.3) is 11.1 Å². The van der Waals surface area contributed by atoms with Crippen molar-refractivity contribution in [1.82, 2.24) is 14.5 Å². The lowest BCUT2D eigenvalue weighted by Gasteiger charge is -2.11. The van der Waals surface area contributed by atoms with Crippen LogP contribution in [0.1, 0.15) is 5.56 Å². The summed E-state index contributed by atoms with van der Waals surface area (Å²) in [5, 5.41) is 6.24. The minimum atomic E-state index is -3.32. The number of benzene rings is 2. The number of hydrogen-bond donors (Lipinski definition) is 2. The number of nitrogens with one attached hydrogen (secondary N) is 2. The second-order valence-electron chi connectivity index (χ2n) is 6.88. The van der Waals surface area contributed by atoms with Gasteiger partial charge in [-0.2, -0.15) is 4.98 Å². The Morgan fingerprint density at radius 3 is 2.60 bits per heavy atom. The first-order chi connectivity index (χ1) is 14.2. The van der Waals surface area contributed by atoms with Crippen LogP contribution in [0, 0.1) is 6.92 Å². The monoisotopic (exact) mass is 425 g/mol. The van der Waals surface area contributed by atoms with Gasteiger partial charge in [-0.15, -0.1) is 0 Å². The molecule has 10 heteroatoms. The van der Waals surface area contributed by atoms with Gasteiger partial charge in [-0.05, 0) is 43.3 Å². The van der Waals surface area contributed by atoms with E-state index in [1.165, 1.54) is 16.7 Å². The van der Waals surface area contributed by atoms with Crippen molar-refractivity contribution in [3.8, 4) is 0 Å². The fourth-order valence-corrected chi connectivity index (χ4v) is 3.57. The molecule has 9 nitrogen and oxygen atoms in total. The van der Waals surface area contributed by atoms with Crippen LogP contribution in [0.2, 0.25) is 0 Å². The number of nitrogens with zero attached hydrogens (tertiary/aromatic N) is 3. The number of hydrogen-bond acceptors (Lipinski definition) is 8. The number of rotatable bonds is 5. The van der Waals surface area contributed by atoms with E-state index in [4.69, 9.17) is 4.42 Å². The molecule has 2 aromatic heterocycles. The number of fused-ring (bicyclic) bond motifs is 1. The predicted octanol–water partition coefficient (Wildman–Crippen LogP) is 3.12. The van der Waals surface area contributed by atoms with Gasteiger partial charge in [0.2, 0.25) is 5.95 Å². The summed E-state index contributed by atoms with van der Waals surface area (Å²) in [5.74, 6) is 0.452. The van der Waals surface area contributed by atoms with Gasteiger partial charge in [0.1, 0.15) is 5.82 Å². The van der Waals surface area contributed by atoms with Gasteiger partial charge in [0.15, 0.2) is 15.4 Å². The van der Waals surface area contributed by atoms with Crippen LogP contribution in [-0.4, -0.2) is 29.2 Å². The Kier molecular flexibility index (Phi) is 4.78. The molecule has 0 unspecified atom stereocenters. The molecule has 2 N–H and O–H groups in total. The van der Waals surface area contributed by atoms with E-state index in [0.29, 0.717) is 28.6 Å². The molecule has 0 atom stereocenters. The van der Waals surface area contributed by atoms with E-state index in [9.17, 15) is 13.2 Å². The van der Waals surface area contributed by atoms with E-state index >= 15 is 0 Å². The van der Waals surface area contributed by atoms with E-state index in [0.717, 1.165) is 17.5 Å². The first kappa shape index (κ1) is 19.6. The van der Waals surface area contributed by atoms with Crippen molar-refractivity contribution >= 4 is 44.1 Å². The Bertz CT molecular complexity index is 1420. The maximum atomic E-state index is 11.8. The molecule has 0 saturated heterocycles. The molecule has 30 heavy (non-hydrogen) atoms. The minimum Gasteiger partial charge on any atom is -0.408 e. The van der Waals surface area contributed by atoms with E-state index < -0.39 is 15.6 Å². The molecule has 2 aromatic carbocycles. The van der Waals surface area contributed by atoms with Crippen LogP contribution in [0.15, 0.2) is 62.8 Å². The molecule has 2 heterocycles. The zero-order chi connectivity index (χ0) is 21.5. The van der Waals surface area contributed by atoms with E-state index in [1.54, 1.807) is 43.6 Å². The molecule has 0 spiro atoms. The molecule has 4 rings (SSSR count). The Morgan fingerprint density at radius 2 is 1.83 bits per heavy atom. The molecule has 0 amide bonds. The molecule has 0 bridgehead atoms. The first-order valence-corrected chi connectivity index (χ1v) is 10.9. The number of oxazole rings is 1. The third-order valence-corrected chi connectivity index (χ3v) is 5.65. The molecule has 0 aliphatic carbocycles. The normalized spacial score (nSPS) is 11.6. The maximum Gasteiger partial charge on any atom is 0.419 e. The molecule has 0 aliphatic heterocycles. The largest absolute Gasteiger partial charge is 0.419 e. The third kappa shape index (κ3) is 3.90. The maximum absolute atomic E-state index is 11.8. The molecule has 0 radical (unpaired) electrons. The Balaban J connectivity index is 1.63. The number of anilines is 4. The summed E-state index contributed by atoms with van der Waals surface area (Å²) in [4.78, 5) is 20.6. The summed E-state index contributed by atoms with van der Waals surface area (Å²) in [6.45, 7) is 1.86. The molecule has 4 aromatic rings. The van der Waals surface area contributed by atoms with E-state index in [-0.39, 0.29) is 4.90 Å². The average molecular weight is 425 g/mol. The molecule has 0 fully saturated rings. The molecule has 0 saturated carbocycles. The van der Waals surface area contributed by atoms with E-state index in [1.807, 2.05) is 6.92 Å². The van der Waals surface area contributed by atoms with Crippen LogP contribution in [-0.2, 0) is 16.9 Å². The van der Waals surface area contributed by atoms with Gasteiger partial charge in [-0.1, -0.05) is 6.07 Å². The zero-order valence-electron chi connectivity index (χ0n) is 16.5. The smallest absolute Gasteiger partial charge is 0.408 e. The Labute approximate surface area is 172 Å². The lowest BCUT2D eigenvalue weighted by atomic mass is 10.2. The molecular weight excluding hydrogens is 406 g/mol. The zero-order valence-corrected chi connectivity index (χ0v) is 17.3. The van der Waals surface area contributed by atoms with Gasteiger partial charge in [0.25, 0.3) is 0 Å². The quantitative estimate of drug-likeness (QED) is 0.501. The van der Waals surface area contributed by atoms with Crippen LogP contribution in [0.5, 0.6) is 0 Å². The van der Waals surface area contributed by atoms with Gasteiger partial charge in [0, 0.05) is 36.4 Å². The van der Waals surface area contributed by atoms with Crippen LogP contribution in [0.3, 0.4) is 0 Å². The number of sulfone groups is 1. The lowest BCUT2D eigenvalue weighted by molar-refractivity contribution is 0.528. The summed E-state index contributed by atoms with van der Waals surface area (Å²) in [7, 11) is -1.68. The minimum absolute atomic E-state index is 0.206. The molecule has 154 valence electrons. The van der Waals surface area contributed by atoms with Crippen molar-refractivity contribution in [2.75, 3.05) is 16.9 Å². The van der Waals surface area contributed by atoms with E-state index in [2.05, 4.69) is 20.6 Å². The SMILES string of the molecule is Cc1cnc(Nc2cccc(S(C)(=O)=O)c2)nc1Nc1ccc2oc(=O)n(C)c2c1. The van der Waals surface area contributed by atoms with Crippen molar-refractivity contribution in [1.29, 1.82) is 0 Å². The molecular formula is C20H19N5O4S. The van der Waals surface area contributed by atoms with Crippen LogP contribution < -0.4 is 16.4 Å². The summed E-state index contributed by atoms with van der Waals surface area (Å²) in [5.41, 5.74) is 3.26. The van der Waals surface area contributed by atoms with Crippen LogP contribution in [0.4, 0.5) is 23.1 Å². The molecule has 0 aliphatic rings. The third-order valence-electron chi connectivity index (χ3n) is 4.54. The predicted molar refractivity (Wildman–Crippen MR) is 114 cm³/mol. The van der Waals surface area contributed by atoms with Crippen molar-refractivity contribution in [2.24, 2.45) is 7.05 Å². The fourth-order valence-electron chi connectivity index (χ4n) is 2.90. The summed E-state index contributed by atoms with van der Waals surface area (Å²) < 4.78 is 30.1. The van der Waals surface area contributed by atoms with Gasteiger partial charge >= 0.3 is 5.76 Å². The van der Waals surface area contributed by atoms with Crippen molar-refractivity contribution in [3.05, 3.63) is 64.8 Å². The van der Waals surface area contributed by atoms with Crippen LogP contribution >= 0.6 is 0 Å². The summed E-state index contributed by atoms with van der Waals surface area (Å²) >= 11 is 0. The second kappa shape index (κ2) is 7.30. The summed E-state index contributed by atoms with van der Waals surface area (Å²) in [6, 6.07) is 11.7. The standard InChI is InChI=1S/C20H19N5O4S/c1-12-11-21-19(23-13-5-4-6-15(9-13)30(3,27)28)24-18(12)22-14-7-8-17-16(10-14)25(2)20(26)29-17/h4-11H,1-3H3,(H2,21,22,23,24). The Hall–Kier alpha value is -3.66. The van der Waals surface area contributed by atoms with Gasteiger partial charge in [0.05, 0.1) is 10.4 Å². The van der Waals surface area contributed by atoms with Crippen molar-refractivity contribution < 1.29 is 12.8 Å². The lowest BCUT2D eigenvalue weighted by Crippen LogP contribution is -2.08. The number of aromatic nitrogens is 3. The van der Waals surface area contributed by atoms with Gasteiger partial charge in [-0.3, -0.25) is 4.57 Å². The average Bonchev–Trinajstić information content (AvgIpc) is 2.98. The highest BCUT2D eigenvalue weighted by atomic mass is 32.2. The van der Waals surface area contributed by atoms with Gasteiger partial charge < -0.3 is 15.1 Å². The van der Waals surface area contributed by atoms with Crippen molar-refractivity contribution in [2.45, 2.75) is 11.8 Å². The van der Waals surface area contributed by atoms with Crippen molar-refractivity contribution in [3.63, 3.8) is 0 Å². The first-order valence-electron chi connectivity index (χ1n) is 8.98. The number of aryl methyl sites for hydroxylation is 2. The fraction of sp³-hybridized carbons (Fsp3) is 0.150. The highest BCUT2D eigenvalue weighted by Gasteiger charge is 2.11. The second-order valence-corrected chi connectivity index (χ2v) is 8.90. The topological polar surface area (TPSA) is 119 Å². The summed E-state index contributed by atoms with van der Waals surface area (Å²) in [6.07, 6.45) is 2.81.